The average molecular weight is 206 g/mol. The van der Waals surface area contributed by atoms with Crippen LogP contribution in [-0.4, -0.2) is 11.6 Å². The van der Waals surface area contributed by atoms with Gasteiger partial charge in [-0.3, -0.25) is 9.59 Å². The Bertz CT molecular complexity index is 362. The second-order valence-electron chi connectivity index (χ2n) is 5.29. The number of carbonyl (C=O) groups is 2. The fraction of sp³-hybridized carbons (Fsp3) is 0.538. The Labute approximate surface area is 91.1 Å². The Kier molecular flexibility index (Phi) is 2.98. The lowest BCUT2D eigenvalue weighted by molar-refractivity contribution is -0.116. The average Bonchev–Trinajstić information content (AvgIpc) is 2.06. The SMILES string of the molecule is CC(C)C1=CC(=O)C(C(C)(C)C)=CC1=O. The van der Waals surface area contributed by atoms with Crippen molar-refractivity contribution in [2.75, 3.05) is 0 Å². The molecule has 0 saturated carbocycles. The highest BCUT2D eigenvalue weighted by Crippen LogP contribution is 2.30. The van der Waals surface area contributed by atoms with E-state index >= 15 is 0 Å². The highest BCUT2D eigenvalue weighted by molar-refractivity contribution is 6.20. The van der Waals surface area contributed by atoms with E-state index in [1.165, 1.54) is 12.2 Å². The summed E-state index contributed by atoms with van der Waals surface area (Å²) in [6, 6.07) is 0. The quantitative estimate of drug-likeness (QED) is 0.618. The molecule has 0 N–H and O–H groups in total. The Morgan fingerprint density at radius 2 is 1.53 bits per heavy atom. The summed E-state index contributed by atoms with van der Waals surface area (Å²) < 4.78 is 0. The van der Waals surface area contributed by atoms with E-state index < -0.39 is 0 Å². The third kappa shape index (κ3) is 2.44. The van der Waals surface area contributed by atoms with E-state index in [0.29, 0.717) is 11.1 Å². The Balaban J connectivity index is 3.10. The van der Waals surface area contributed by atoms with Gasteiger partial charge in [-0.2, -0.15) is 0 Å². The number of rotatable bonds is 1. The van der Waals surface area contributed by atoms with E-state index in [-0.39, 0.29) is 22.9 Å². The summed E-state index contributed by atoms with van der Waals surface area (Å²) in [6.07, 6.45) is 2.99. The van der Waals surface area contributed by atoms with E-state index in [0.717, 1.165) is 0 Å². The Morgan fingerprint density at radius 3 is 1.93 bits per heavy atom. The topological polar surface area (TPSA) is 34.1 Å². The van der Waals surface area contributed by atoms with Crippen molar-refractivity contribution in [2.24, 2.45) is 11.3 Å². The van der Waals surface area contributed by atoms with Crippen molar-refractivity contribution in [3.63, 3.8) is 0 Å². The van der Waals surface area contributed by atoms with Crippen LogP contribution in [0.15, 0.2) is 23.3 Å². The predicted octanol–water partition coefficient (Wildman–Crippen LogP) is 2.69. The van der Waals surface area contributed by atoms with Crippen LogP contribution in [0.3, 0.4) is 0 Å². The van der Waals surface area contributed by atoms with E-state index in [1.54, 1.807) is 0 Å². The van der Waals surface area contributed by atoms with Crippen LogP contribution < -0.4 is 0 Å². The van der Waals surface area contributed by atoms with Gasteiger partial charge >= 0.3 is 0 Å². The van der Waals surface area contributed by atoms with Crippen LogP contribution >= 0.6 is 0 Å². The van der Waals surface area contributed by atoms with Gasteiger partial charge in [0.2, 0.25) is 0 Å². The van der Waals surface area contributed by atoms with Crippen molar-refractivity contribution < 1.29 is 9.59 Å². The van der Waals surface area contributed by atoms with Crippen molar-refractivity contribution in [1.29, 1.82) is 0 Å². The highest BCUT2D eigenvalue weighted by Gasteiger charge is 2.28. The largest absolute Gasteiger partial charge is 0.290 e. The van der Waals surface area contributed by atoms with Crippen molar-refractivity contribution in [1.82, 2.24) is 0 Å². The van der Waals surface area contributed by atoms with Crippen molar-refractivity contribution in [2.45, 2.75) is 34.6 Å². The maximum Gasteiger partial charge on any atom is 0.182 e. The molecule has 2 nitrogen and oxygen atoms in total. The molecule has 1 aliphatic carbocycles. The molecular formula is C13H18O2. The van der Waals surface area contributed by atoms with Crippen molar-refractivity contribution >= 4 is 11.6 Å². The lowest BCUT2D eigenvalue weighted by atomic mass is 9.78. The molecule has 0 radical (unpaired) electrons. The molecule has 0 atom stereocenters. The van der Waals surface area contributed by atoms with Gasteiger partial charge in [0.25, 0.3) is 0 Å². The zero-order valence-corrected chi connectivity index (χ0v) is 10.0. The molecule has 0 aliphatic heterocycles. The molecular weight excluding hydrogens is 188 g/mol. The number of hydrogen-bond acceptors (Lipinski definition) is 2. The molecule has 0 aromatic carbocycles. The predicted molar refractivity (Wildman–Crippen MR) is 60.5 cm³/mol. The summed E-state index contributed by atoms with van der Waals surface area (Å²) >= 11 is 0. The van der Waals surface area contributed by atoms with Crippen LogP contribution in [0.4, 0.5) is 0 Å². The first-order valence-corrected chi connectivity index (χ1v) is 5.26. The molecule has 0 heterocycles. The molecule has 1 aliphatic rings. The van der Waals surface area contributed by atoms with Crippen LogP contribution in [0.2, 0.25) is 0 Å². The standard InChI is InChI=1S/C13H18O2/c1-8(2)9-6-12(15)10(7-11(9)14)13(3,4)5/h6-8H,1-5H3. The van der Waals surface area contributed by atoms with Crippen LogP contribution in [0.5, 0.6) is 0 Å². The van der Waals surface area contributed by atoms with Gasteiger partial charge < -0.3 is 0 Å². The molecule has 0 aromatic heterocycles. The summed E-state index contributed by atoms with van der Waals surface area (Å²) in [4.78, 5) is 23.5. The highest BCUT2D eigenvalue weighted by atomic mass is 16.1. The maximum atomic E-state index is 11.8. The summed E-state index contributed by atoms with van der Waals surface area (Å²) in [5.41, 5.74) is 0.969. The Morgan fingerprint density at radius 1 is 1.00 bits per heavy atom. The van der Waals surface area contributed by atoms with Crippen LogP contribution in [0.1, 0.15) is 34.6 Å². The molecule has 0 bridgehead atoms. The summed E-state index contributed by atoms with van der Waals surface area (Å²) in [7, 11) is 0. The van der Waals surface area contributed by atoms with E-state index in [2.05, 4.69) is 0 Å². The fourth-order valence-corrected chi connectivity index (χ4v) is 1.61. The smallest absolute Gasteiger partial charge is 0.182 e. The maximum absolute atomic E-state index is 11.8. The second kappa shape index (κ2) is 3.76. The van der Waals surface area contributed by atoms with Crippen LogP contribution in [0, 0.1) is 11.3 Å². The molecule has 0 fully saturated rings. The number of carbonyl (C=O) groups excluding carboxylic acids is 2. The third-order valence-corrected chi connectivity index (χ3v) is 2.54. The van der Waals surface area contributed by atoms with E-state index in [1.807, 2.05) is 34.6 Å². The van der Waals surface area contributed by atoms with Gasteiger partial charge in [-0.25, -0.2) is 0 Å². The zero-order valence-electron chi connectivity index (χ0n) is 10.0. The van der Waals surface area contributed by atoms with Gasteiger partial charge in [-0.1, -0.05) is 34.6 Å². The van der Waals surface area contributed by atoms with Crippen molar-refractivity contribution in [3.8, 4) is 0 Å². The molecule has 0 spiro atoms. The first kappa shape index (κ1) is 11.9. The van der Waals surface area contributed by atoms with Gasteiger partial charge in [0.05, 0.1) is 0 Å². The molecule has 0 unspecified atom stereocenters. The minimum Gasteiger partial charge on any atom is -0.290 e. The number of hydrogen-bond donors (Lipinski definition) is 0. The molecule has 0 saturated heterocycles. The van der Waals surface area contributed by atoms with Gasteiger partial charge in [0.15, 0.2) is 11.6 Å². The van der Waals surface area contributed by atoms with Gasteiger partial charge in [0, 0.05) is 11.1 Å². The molecule has 2 heteroatoms. The monoisotopic (exact) mass is 206 g/mol. The number of ketones is 2. The normalized spacial score (nSPS) is 18.0. The fourth-order valence-electron chi connectivity index (χ4n) is 1.61. The van der Waals surface area contributed by atoms with E-state index in [4.69, 9.17) is 0 Å². The summed E-state index contributed by atoms with van der Waals surface area (Å²) in [5, 5.41) is 0. The zero-order chi connectivity index (χ0) is 11.8. The van der Waals surface area contributed by atoms with Gasteiger partial charge in [-0.05, 0) is 23.5 Å². The van der Waals surface area contributed by atoms with Gasteiger partial charge in [-0.15, -0.1) is 0 Å². The minimum absolute atomic E-state index is 0.0190. The van der Waals surface area contributed by atoms with Crippen molar-refractivity contribution in [3.05, 3.63) is 23.3 Å². The molecule has 0 aromatic rings. The number of allylic oxidation sites excluding steroid dienone is 4. The first-order chi connectivity index (χ1) is 6.73. The van der Waals surface area contributed by atoms with Crippen LogP contribution in [-0.2, 0) is 9.59 Å². The van der Waals surface area contributed by atoms with E-state index in [9.17, 15) is 9.59 Å². The Hall–Kier alpha value is -1.18. The van der Waals surface area contributed by atoms with Gasteiger partial charge in [0.1, 0.15) is 0 Å². The van der Waals surface area contributed by atoms with Crippen LogP contribution in [0.25, 0.3) is 0 Å². The lowest BCUT2D eigenvalue weighted by Gasteiger charge is -2.24. The molecule has 82 valence electrons. The second-order valence-corrected chi connectivity index (χ2v) is 5.29. The molecule has 15 heavy (non-hydrogen) atoms. The first-order valence-electron chi connectivity index (χ1n) is 5.26. The summed E-state index contributed by atoms with van der Waals surface area (Å²) in [6.45, 7) is 9.68. The lowest BCUT2D eigenvalue weighted by Crippen LogP contribution is -2.24. The summed E-state index contributed by atoms with van der Waals surface area (Å²) in [5.74, 6) is 0.0690. The molecule has 0 amide bonds. The molecule has 1 rings (SSSR count). The minimum atomic E-state index is -0.258. The third-order valence-electron chi connectivity index (χ3n) is 2.54.